The molecule has 1 heterocycles. The van der Waals surface area contributed by atoms with Crippen molar-refractivity contribution in [2.45, 2.75) is 88.5 Å². The molecule has 0 saturated heterocycles. The maximum atomic E-state index is 12.5. The Morgan fingerprint density at radius 1 is 1.16 bits per heavy atom. The van der Waals surface area contributed by atoms with Crippen molar-refractivity contribution in [1.82, 2.24) is 0 Å². The van der Waals surface area contributed by atoms with E-state index in [1.165, 1.54) is 19.1 Å². The average Bonchev–Trinajstić information content (AvgIpc) is 3.18. The first-order valence-corrected chi connectivity index (χ1v) is 12.3. The summed E-state index contributed by atoms with van der Waals surface area (Å²) < 4.78 is 42.6. The number of aliphatic carboxylic acids is 1. The molecule has 4 rings (SSSR count). The molecule has 214 valence electrons. The summed E-state index contributed by atoms with van der Waals surface area (Å²) in [7, 11) is 0. The smallest absolute Gasteiger partial charge is 0.475 e. The number of ether oxygens (including phenoxy) is 2. The van der Waals surface area contributed by atoms with Gasteiger partial charge in [0, 0.05) is 11.0 Å². The van der Waals surface area contributed by atoms with Gasteiger partial charge >= 0.3 is 24.1 Å². The van der Waals surface area contributed by atoms with Crippen molar-refractivity contribution in [2.75, 3.05) is 6.61 Å². The number of halogens is 3. The fourth-order valence-electron chi connectivity index (χ4n) is 6.26. The van der Waals surface area contributed by atoms with Crippen LogP contribution in [0.4, 0.5) is 13.2 Å². The molecule has 0 aromatic rings. The number of carbonyl (C=O) groups excluding carboxylic acids is 2. The normalized spacial score (nSPS) is 38.8. The zero-order valence-electron chi connectivity index (χ0n) is 21.5. The first kappa shape index (κ1) is 30.1. The first-order chi connectivity index (χ1) is 17.3. The van der Waals surface area contributed by atoms with Gasteiger partial charge in [-0.25, -0.2) is 9.59 Å². The maximum absolute atomic E-state index is 12.5. The van der Waals surface area contributed by atoms with Crippen LogP contribution in [0.3, 0.4) is 0 Å². The highest BCUT2D eigenvalue weighted by atomic mass is 19.4. The fourth-order valence-corrected chi connectivity index (χ4v) is 6.26. The van der Waals surface area contributed by atoms with E-state index in [0.29, 0.717) is 24.8 Å². The molecule has 0 unspecified atom stereocenters. The van der Waals surface area contributed by atoms with E-state index in [2.05, 4.69) is 0 Å². The summed E-state index contributed by atoms with van der Waals surface area (Å²) in [6.07, 6.45) is -2.13. The van der Waals surface area contributed by atoms with Crippen LogP contribution in [0.2, 0.25) is 0 Å². The van der Waals surface area contributed by atoms with Crippen LogP contribution in [0.5, 0.6) is 0 Å². The molecule has 6 N–H and O–H groups in total. The van der Waals surface area contributed by atoms with Crippen molar-refractivity contribution in [3.8, 4) is 0 Å². The number of fused-ring (bicyclic) bond motifs is 4. The highest BCUT2D eigenvalue weighted by molar-refractivity contribution is 5.92. The van der Waals surface area contributed by atoms with Crippen LogP contribution in [0, 0.1) is 17.3 Å². The van der Waals surface area contributed by atoms with Crippen molar-refractivity contribution in [3.05, 3.63) is 23.3 Å². The fraction of sp³-hybridized carbons (Fsp3) is 0.720. The SMILES string of the molecule is CC(C)[C@]1(O)C=C[C@@]2(O)[C@@]3(C)CCC4=C(COC4=O)[C@@H]3CC[C@@]2(O)[C@@H]1OC(=O)[C@H](C)N.O=C(O)C(F)(F)F. The Morgan fingerprint density at radius 3 is 2.24 bits per heavy atom. The van der Waals surface area contributed by atoms with E-state index < -0.39 is 58.4 Å². The second-order valence-corrected chi connectivity index (χ2v) is 11.1. The molecule has 0 aromatic carbocycles. The minimum absolute atomic E-state index is 0.0744. The molecule has 0 aromatic heterocycles. The molecule has 38 heavy (non-hydrogen) atoms. The molecular weight excluding hydrogens is 515 g/mol. The number of carbonyl (C=O) groups is 3. The van der Waals surface area contributed by atoms with Crippen molar-refractivity contribution >= 4 is 17.9 Å². The molecule has 1 aliphatic heterocycles. The molecule has 1 fully saturated rings. The monoisotopic (exact) mass is 549 g/mol. The topological polar surface area (TPSA) is 177 Å². The lowest BCUT2D eigenvalue weighted by atomic mass is 9.44. The third kappa shape index (κ3) is 4.42. The van der Waals surface area contributed by atoms with E-state index in [9.17, 15) is 38.1 Å². The molecule has 0 radical (unpaired) electrons. The molecule has 3 aliphatic carbocycles. The standard InChI is InChI=1S/C23H33NO7.C2HF3O2/c1-12(2)21(27)9-10-23(29)20(4)7-5-14-15(11-30-18(14)26)16(20)6-8-22(23,28)19(21)31-17(25)13(3)24;3-2(4,5)1(6)7/h9-10,12-13,16,19,27-29H,5-8,11,24H2,1-4H3;(H,6,7)/t13-,16-,19+,20-,21+,22+,23+;/m0./s1. The van der Waals surface area contributed by atoms with Crippen molar-refractivity contribution in [1.29, 1.82) is 0 Å². The minimum Gasteiger partial charge on any atom is -0.475 e. The summed E-state index contributed by atoms with van der Waals surface area (Å²) in [6.45, 7) is 7.08. The Bertz CT molecular complexity index is 1070. The zero-order chi connectivity index (χ0) is 29.1. The van der Waals surface area contributed by atoms with E-state index in [-0.39, 0.29) is 24.9 Å². The highest BCUT2D eigenvalue weighted by Gasteiger charge is 2.73. The van der Waals surface area contributed by atoms with Crippen LogP contribution in [0.25, 0.3) is 0 Å². The van der Waals surface area contributed by atoms with Crippen molar-refractivity contribution < 1.29 is 57.5 Å². The van der Waals surface area contributed by atoms with Gasteiger partial charge in [-0.05, 0) is 50.0 Å². The molecule has 0 spiro atoms. The predicted octanol–water partition coefficient (Wildman–Crippen LogP) is 1.36. The number of hydrogen-bond acceptors (Lipinski definition) is 9. The minimum atomic E-state index is -5.08. The summed E-state index contributed by atoms with van der Waals surface area (Å²) in [5, 5.41) is 42.7. The predicted molar refractivity (Wildman–Crippen MR) is 124 cm³/mol. The van der Waals surface area contributed by atoms with Gasteiger partial charge in [-0.2, -0.15) is 13.2 Å². The van der Waals surface area contributed by atoms with Gasteiger partial charge in [-0.15, -0.1) is 0 Å². The number of rotatable bonds is 3. The Kier molecular flexibility index (Phi) is 7.61. The molecule has 7 atom stereocenters. The van der Waals surface area contributed by atoms with E-state index in [4.69, 9.17) is 25.1 Å². The third-order valence-electron chi connectivity index (χ3n) is 8.64. The van der Waals surface area contributed by atoms with E-state index >= 15 is 0 Å². The first-order valence-electron chi connectivity index (χ1n) is 12.3. The van der Waals surface area contributed by atoms with Gasteiger partial charge in [0.05, 0.1) is 0 Å². The lowest BCUT2D eigenvalue weighted by Gasteiger charge is -2.65. The molecule has 1 saturated carbocycles. The maximum Gasteiger partial charge on any atom is 0.490 e. The largest absolute Gasteiger partial charge is 0.490 e. The molecular formula is C25H34F3NO9. The van der Waals surface area contributed by atoms with Gasteiger partial charge in [0.15, 0.2) is 6.10 Å². The Labute approximate surface area is 217 Å². The summed E-state index contributed by atoms with van der Waals surface area (Å²) in [6, 6.07) is -0.949. The molecule has 13 heteroatoms. The van der Waals surface area contributed by atoms with Gasteiger partial charge < -0.3 is 35.6 Å². The summed E-state index contributed by atoms with van der Waals surface area (Å²) in [5.74, 6) is -4.40. The van der Waals surface area contributed by atoms with Gasteiger partial charge in [-0.1, -0.05) is 32.9 Å². The second-order valence-electron chi connectivity index (χ2n) is 11.1. The quantitative estimate of drug-likeness (QED) is 0.255. The number of hydrogen-bond donors (Lipinski definition) is 5. The lowest BCUT2D eigenvalue weighted by molar-refractivity contribution is -0.298. The van der Waals surface area contributed by atoms with Crippen molar-refractivity contribution in [2.24, 2.45) is 23.0 Å². The van der Waals surface area contributed by atoms with Crippen LogP contribution in [-0.2, 0) is 23.9 Å². The van der Waals surface area contributed by atoms with Crippen LogP contribution in [0.15, 0.2) is 23.3 Å². The van der Waals surface area contributed by atoms with Gasteiger partial charge in [0.1, 0.15) is 29.5 Å². The lowest BCUT2D eigenvalue weighted by Crippen LogP contribution is -2.78. The number of nitrogens with two attached hydrogens (primary N) is 1. The number of cyclic esters (lactones) is 1. The molecule has 0 amide bonds. The molecule has 0 bridgehead atoms. The number of carboxylic acid groups (broad SMARTS) is 1. The number of alkyl halides is 3. The molecule has 4 aliphatic rings. The van der Waals surface area contributed by atoms with Crippen LogP contribution < -0.4 is 5.73 Å². The van der Waals surface area contributed by atoms with Crippen molar-refractivity contribution in [3.63, 3.8) is 0 Å². The van der Waals surface area contributed by atoms with Gasteiger partial charge in [-0.3, -0.25) is 4.79 Å². The zero-order valence-corrected chi connectivity index (χ0v) is 21.5. The second kappa shape index (κ2) is 9.61. The summed E-state index contributed by atoms with van der Waals surface area (Å²) >= 11 is 0. The Hall–Kier alpha value is -2.48. The van der Waals surface area contributed by atoms with E-state index in [0.717, 1.165) is 5.57 Å². The average molecular weight is 550 g/mol. The van der Waals surface area contributed by atoms with Crippen LogP contribution in [0.1, 0.15) is 53.4 Å². The summed E-state index contributed by atoms with van der Waals surface area (Å²) in [4.78, 5) is 33.5. The number of carboxylic acids is 1. The highest BCUT2D eigenvalue weighted by Crippen LogP contribution is 2.64. The number of aliphatic hydroxyl groups is 3. The van der Waals surface area contributed by atoms with Gasteiger partial charge in [0.2, 0.25) is 0 Å². The van der Waals surface area contributed by atoms with Gasteiger partial charge in [0.25, 0.3) is 0 Å². The van der Waals surface area contributed by atoms with Crippen LogP contribution >= 0.6 is 0 Å². The van der Waals surface area contributed by atoms with Crippen LogP contribution in [-0.4, -0.2) is 80.1 Å². The van der Waals surface area contributed by atoms with E-state index in [1.807, 2.05) is 6.92 Å². The Morgan fingerprint density at radius 2 is 1.74 bits per heavy atom. The van der Waals surface area contributed by atoms with E-state index in [1.54, 1.807) is 13.8 Å². The Balaban J connectivity index is 0.000000505. The number of esters is 2. The summed E-state index contributed by atoms with van der Waals surface area (Å²) in [5.41, 5.74) is 1.00. The molecule has 10 nitrogen and oxygen atoms in total. The third-order valence-corrected chi connectivity index (χ3v) is 8.64.